The van der Waals surface area contributed by atoms with Crippen LogP contribution in [0.15, 0.2) is 0 Å². The minimum absolute atomic E-state index is 0.725. The zero-order valence-electron chi connectivity index (χ0n) is 11.6. The molecular weight excluding hydrogens is 215 g/mol. The summed E-state index contributed by atoms with van der Waals surface area (Å²) in [7, 11) is 1.01. The maximum absolute atomic E-state index is 5.69. The molecule has 0 spiro atoms. The molecule has 0 radical (unpaired) electrons. The topological polar surface area (TPSA) is 38.0 Å². The van der Waals surface area contributed by atoms with Crippen LogP contribution in [0.25, 0.3) is 0 Å². The summed E-state index contributed by atoms with van der Waals surface area (Å²) in [5.74, 6) is 2.29. The van der Waals surface area contributed by atoms with Crippen LogP contribution in [0.1, 0.15) is 46.5 Å². The number of nitrogens with one attached hydrogen (secondary N) is 1. The fourth-order valence-corrected chi connectivity index (χ4v) is 2.97. The summed E-state index contributed by atoms with van der Waals surface area (Å²) in [4.78, 5) is 0. The molecule has 16 heavy (non-hydrogen) atoms. The van der Waals surface area contributed by atoms with E-state index in [9.17, 15) is 0 Å². The van der Waals surface area contributed by atoms with E-state index in [1.165, 1.54) is 25.7 Å². The van der Waals surface area contributed by atoms with E-state index in [-0.39, 0.29) is 0 Å². The van der Waals surface area contributed by atoms with E-state index in [0.717, 1.165) is 39.3 Å². The van der Waals surface area contributed by atoms with E-state index in [2.05, 4.69) is 32.8 Å². The first-order valence-electron chi connectivity index (χ1n) is 6.80. The second-order valence-electron chi connectivity index (χ2n) is 4.76. The summed E-state index contributed by atoms with van der Waals surface area (Å²) in [6.07, 6.45) is 5.03. The first-order chi connectivity index (χ1) is 7.69. The van der Waals surface area contributed by atoms with E-state index in [4.69, 9.17) is 5.73 Å². The zero-order valence-corrected chi connectivity index (χ0v) is 12.6. The zero-order chi connectivity index (χ0) is 12.4. The molecule has 2 nitrogen and oxygen atoms in total. The second kappa shape index (κ2) is 10.5. The van der Waals surface area contributed by atoms with Gasteiger partial charge in [0.1, 0.15) is 0 Å². The highest BCUT2D eigenvalue weighted by atomic mass is 31.1. The molecule has 98 valence electrons. The third-order valence-corrected chi connectivity index (χ3v) is 4.75. The van der Waals surface area contributed by atoms with Crippen molar-refractivity contribution in [2.75, 3.05) is 19.8 Å². The van der Waals surface area contributed by atoms with Crippen molar-refractivity contribution in [2.24, 2.45) is 17.6 Å². The van der Waals surface area contributed by atoms with Crippen molar-refractivity contribution in [2.45, 2.75) is 52.2 Å². The smallest absolute Gasteiger partial charge is 0.0234 e. The highest BCUT2D eigenvalue weighted by Gasteiger charge is 2.16. The van der Waals surface area contributed by atoms with Crippen LogP contribution in [0.5, 0.6) is 0 Å². The normalized spacial score (nSPS) is 17.8. The molecule has 3 N–H and O–H groups in total. The molecule has 0 bridgehead atoms. The molecule has 0 fully saturated rings. The maximum Gasteiger partial charge on any atom is 0.0234 e. The fourth-order valence-electron chi connectivity index (χ4n) is 2.24. The lowest BCUT2D eigenvalue weighted by atomic mass is 9.87. The Morgan fingerprint density at radius 3 is 2.38 bits per heavy atom. The Balaban J connectivity index is 3.93. The number of rotatable bonds is 10. The summed E-state index contributed by atoms with van der Waals surface area (Å²) in [5.41, 5.74) is 5.69. The van der Waals surface area contributed by atoms with E-state index >= 15 is 0 Å². The van der Waals surface area contributed by atoms with Crippen molar-refractivity contribution in [1.82, 2.24) is 5.32 Å². The van der Waals surface area contributed by atoms with E-state index in [1.807, 2.05) is 0 Å². The molecule has 0 aliphatic carbocycles. The number of hydrogen-bond donors (Lipinski definition) is 2. The average molecular weight is 246 g/mol. The van der Waals surface area contributed by atoms with Crippen molar-refractivity contribution in [3.8, 4) is 0 Å². The van der Waals surface area contributed by atoms with Crippen LogP contribution >= 0.6 is 8.58 Å². The third-order valence-electron chi connectivity index (χ3n) is 3.44. The van der Waals surface area contributed by atoms with Gasteiger partial charge in [-0.15, -0.1) is 8.58 Å². The molecule has 0 heterocycles. The van der Waals surface area contributed by atoms with Crippen molar-refractivity contribution in [3.05, 3.63) is 0 Å². The first kappa shape index (κ1) is 16.4. The van der Waals surface area contributed by atoms with Gasteiger partial charge < -0.3 is 11.1 Å². The van der Waals surface area contributed by atoms with Crippen molar-refractivity contribution in [3.63, 3.8) is 0 Å². The van der Waals surface area contributed by atoms with Crippen LogP contribution in [0.3, 0.4) is 0 Å². The van der Waals surface area contributed by atoms with Crippen LogP contribution in [-0.4, -0.2) is 25.5 Å². The van der Waals surface area contributed by atoms with Crippen LogP contribution in [0.2, 0.25) is 0 Å². The maximum atomic E-state index is 5.69. The molecule has 0 amide bonds. The molecule has 0 aromatic heterocycles. The molecule has 4 atom stereocenters. The lowest BCUT2D eigenvalue weighted by Gasteiger charge is -2.25. The van der Waals surface area contributed by atoms with Crippen LogP contribution in [0.4, 0.5) is 0 Å². The first-order valence-corrected chi connectivity index (χ1v) is 8.37. The number of hydrogen-bond acceptors (Lipinski definition) is 2. The van der Waals surface area contributed by atoms with Gasteiger partial charge in [-0.1, -0.05) is 33.6 Å². The Morgan fingerprint density at radius 2 is 1.94 bits per heavy atom. The monoisotopic (exact) mass is 246 g/mol. The van der Waals surface area contributed by atoms with Gasteiger partial charge in [-0.2, -0.15) is 0 Å². The van der Waals surface area contributed by atoms with Gasteiger partial charge in [0.25, 0.3) is 0 Å². The van der Waals surface area contributed by atoms with E-state index < -0.39 is 0 Å². The second-order valence-corrected chi connectivity index (χ2v) is 6.04. The third kappa shape index (κ3) is 6.83. The molecule has 0 aromatic rings. The van der Waals surface area contributed by atoms with Crippen LogP contribution in [0, 0.1) is 11.8 Å². The van der Waals surface area contributed by atoms with Gasteiger partial charge in [-0.25, -0.2) is 0 Å². The number of nitrogens with two attached hydrogens (primary N) is 1. The minimum atomic E-state index is 0.725. The Bertz CT molecular complexity index is 143. The van der Waals surface area contributed by atoms with E-state index in [0.29, 0.717) is 0 Å². The van der Waals surface area contributed by atoms with Gasteiger partial charge in [0.2, 0.25) is 0 Å². The Labute approximate surface area is 104 Å². The van der Waals surface area contributed by atoms with Crippen LogP contribution < -0.4 is 11.1 Å². The van der Waals surface area contributed by atoms with Gasteiger partial charge in [-0.3, -0.25) is 0 Å². The molecule has 0 saturated heterocycles. The Morgan fingerprint density at radius 1 is 1.25 bits per heavy atom. The molecule has 0 saturated carbocycles. The fraction of sp³-hybridized carbons (Fsp3) is 1.00. The van der Waals surface area contributed by atoms with Gasteiger partial charge in [0.05, 0.1) is 0 Å². The Kier molecular flexibility index (Phi) is 10.7. The van der Waals surface area contributed by atoms with Crippen LogP contribution in [-0.2, 0) is 0 Å². The summed E-state index contributed by atoms with van der Waals surface area (Å²) < 4.78 is 0. The van der Waals surface area contributed by atoms with Gasteiger partial charge >= 0.3 is 0 Å². The molecule has 0 rings (SSSR count). The van der Waals surface area contributed by atoms with Gasteiger partial charge in [-0.05, 0) is 44.4 Å². The summed E-state index contributed by atoms with van der Waals surface area (Å²) in [6.45, 7) is 11.2. The SMILES string of the molecule is CCCC(CCN)C(C)CNC(CC)PC. The lowest BCUT2D eigenvalue weighted by Crippen LogP contribution is -2.32. The molecule has 0 aliphatic heterocycles. The molecule has 3 heteroatoms. The molecule has 4 unspecified atom stereocenters. The Hall–Kier alpha value is 0.350. The molecule has 0 aromatic carbocycles. The highest BCUT2D eigenvalue weighted by molar-refractivity contribution is 7.37. The quantitative estimate of drug-likeness (QED) is 0.581. The lowest BCUT2D eigenvalue weighted by molar-refractivity contribution is 0.302. The summed E-state index contributed by atoms with van der Waals surface area (Å²) in [5, 5.41) is 3.69. The predicted octanol–water partition coefficient (Wildman–Crippen LogP) is 3.02. The highest BCUT2D eigenvalue weighted by Crippen LogP contribution is 2.21. The summed E-state index contributed by atoms with van der Waals surface area (Å²) in [6, 6.07) is 0. The average Bonchev–Trinajstić information content (AvgIpc) is 2.30. The minimum Gasteiger partial charge on any atom is -0.330 e. The molecule has 0 aliphatic rings. The molecular formula is C13H31N2P. The van der Waals surface area contributed by atoms with Crippen molar-refractivity contribution >= 4 is 8.58 Å². The van der Waals surface area contributed by atoms with E-state index in [1.54, 1.807) is 0 Å². The largest absolute Gasteiger partial charge is 0.330 e. The summed E-state index contributed by atoms with van der Waals surface area (Å²) >= 11 is 0. The van der Waals surface area contributed by atoms with Gasteiger partial charge in [0, 0.05) is 5.78 Å². The standard InChI is InChI=1S/C13H31N2P/c1-5-7-12(8-9-14)11(3)10-15-13(6-2)16-4/h11-13,15-16H,5-10,14H2,1-4H3. The van der Waals surface area contributed by atoms with Gasteiger partial charge in [0.15, 0.2) is 0 Å². The van der Waals surface area contributed by atoms with Crippen molar-refractivity contribution in [1.29, 1.82) is 0 Å². The predicted molar refractivity (Wildman–Crippen MR) is 77.6 cm³/mol. The van der Waals surface area contributed by atoms with Crippen molar-refractivity contribution < 1.29 is 0 Å².